The number of aliphatic carboxylic acids is 2. The number of hydrogen-bond acceptors (Lipinski definition) is 16. The van der Waals surface area contributed by atoms with Crippen LogP contribution >= 0.6 is 0 Å². The number of carboxylic acids is 2. The Labute approximate surface area is 369 Å². The normalized spacial score (nSPS) is 12.0. The van der Waals surface area contributed by atoms with E-state index in [0.29, 0.717) is 34.6 Å². The Morgan fingerprint density at radius 3 is 1.34 bits per heavy atom. The van der Waals surface area contributed by atoms with Crippen molar-refractivity contribution < 1.29 is 49.0 Å². The zero-order valence-electron chi connectivity index (χ0n) is 35.4. The fourth-order valence-electron chi connectivity index (χ4n) is 6.56. The molecule has 6 N–H and O–H groups in total. The molecule has 0 bridgehead atoms. The number of aromatic nitrogens is 6. The van der Waals surface area contributed by atoms with E-state index in [1.807, 2.05) is 50.2 Å². The van der Waals surface area contributed by atoms with Gasteiger partial charge in [-0.25, -0.2) is 19.9 Å². The third kappa shape index (κ3) is 13.9. The molecule has 0 aliphatic carbocycles. The zero-order chi connectivity index (χ0) is 45.3. The van der Waals surface area contributed by atoms with Crippen molar-refractivity contribution in [1.29, 1.82) is 0 Å². The molecule has 18 heteroatoms. The van der Waals surface area contributed by atoms with Gasteiger partial charge in [0.05, 0.1) is 25.0 Å². The van der Waals surface area contributed by atoms with Gasteiger partial charge in [0.1, 0.15) is 39.1 Å². The van der Waals surface area contributed by atoms with Crippen LogP contribution in [0.25, 0.3) is 11.1 Å². The van der Waals surface area contributed by atoms with Crippen LogP contribution in [0, 0.1) is 13.8 Å². The first-order valence-electron chi connectivity index (χ1n) is 20.4. The highest BCUT2D eigenvalue weighted by atomic mass is 16.5. The maximum Gasteiger partial charge on any atom is 0.306 e. The van der Waals surface area contributed by atoms with Crippen LogP contribution in [0.5, 0.6) is 23.5 Å². The lowest BCUT2D eigenvalue weighted by atomic mass is 9.92. The second kappa shape index (κ2) is 23.4. The molecule has 0 saturated heterocycles. The molecule has 0 radical (unpaired) electrons. The third-order valence-electron chi connectivity index (χ3n) is 9.95. The lowest BCUT2D eigenvalue weighted by molar-refractivity contribution is -0.140. The molecule has 0 amide bonds. The molecule has 2 aromatic carbocycles. The Kier molecular flexibility index (Phi) is 16.9. The Morgan fingerprint density at radius 2 is 0.953 bits per heavy atom. The van der Waals surface area contributed by atoms with E-state index in [-0.39, 0.29) is 65.4 Å². The van der Waals surface area contributed by atoms with Gasteiger partial charge in [0.25, 0.3) is 0 Å². The fourth-order valence-corrected chi connectivity index (χ4v) is 6.56. The largest absolute Gasteiger partial charge is 0.481 e. The number of rotatable bonds is 25. The molecular weight excluding hydrogens is 825 g/mol. The molecule has 0 spiro atoms. The minimum atomic E-state index is -1.08. The summed E-state index contributed by atoms with van der Waals surface area (Å²) in [5, 5.41) is 44.1. The molecule has 2 unspecified atom stereocenters. The lowest BCUT2D eigenvalue weighted by Gasteiger charge is -2.17. The molecule has 0 saturated carbocycles. The van der Waals surface area contributed by atoms with Gasteiger partial charge in [0, 0.05) is 85.4 Å². The van der Waals surface area contributed by atoms with Crippen molar-refractivity contribution in [2.75, 3.05) is 13.1 Å². The predicted molar refractivity (Wildman–Crippen MR) is 231 cm³/mol. The molecule has 4 aromatic heterocycles. The molecule has 334 valence electrons. The number of nitrogens with zero attached hydrogens (tertiary/aromatic N) is 6. The van der Waals surface area contributed by atoms with Gasteiger partial charge in [0.2, 0.25) is 23.5 Å². The van der Waals surface area contributed by atoms with Crippen molar-refractivity contribution in [3.63, 3.8) is 0 Å². The van der Waals surface area contributed by atoms with Crippen molar-refractivity contribution in [3.8, 4) is 34.6 Å². The smallest absolute Gasteiger partial charge is 0.306 e. The van der Waals surface area contributed by atoms with E-state index in [2.05, 4.69) is 52.7 Å². The van der Waals surface area contributed by atoms with Gasteiger partial charge < -0.3 is 50.0 Å². The Hall–Kier alpha value is -7.12. The quantitative estimate of drug-likeness (QED) is 0.0463. The minimum Gasteiger partial charge on any atom is -0.481 e. The monoisotopic (exact) mass is 874 g/mol. The number of aliphatic hydroxyl groups is 2. The van der Waals surface area contributed by atoms with Gasteiger partial charge in [0.15, 0.2) is 0 Å². The summed E-state index contributed by atoms with van der Waals surface area (Å²) in [5.41, 5.74) is 8.86. The van der Waals surface area contributed by atoms with Gasteiger partial charge >= 0.3 is 11.9 Å². The van der Waals surface area contributed by atoms with Crippen LogP contribution in [-0.4, -0.2) is 87.6 Å². The van der Waals surface area contributed by atoms with Crippen molar-refractivity contribution >= 4 is 11.9 Å². The Balaban J connectivity index is 1.13. The van der Waals surface area contributed by atoms with E-state index < -0.39 is 24.1 Å². The molecule has 2 atom stereocenters. The van der Waals surface area contributed by atoms with E-state index in [1.165, 1.54) is 12.7 Å². The first-order chi connectivity index (χ1) is 31.0. The minimum absolute atomic E-state index is 0.0711. The molecule has 0 aliphatic heterocycles. The van der Waals surface area contributed by atoms with E-state index in [1.54, 1.807) is 36.9 Å². The molecule has 6 aromatic rings. The number of aliphatic hydroxyl groups excluding tert-OH is 2. The molecule has 4 heterocycles. The molecular formula is C46H50N8O10. The van der Waals surface area contributed by atoms with Crippen LogP contribution < -0.4 is 29.6 Å². The van der Waals surface area contributed by atoms with E-state index in [4.69, 9.17) is 29.2 Å². The lowest BCUT2D eigenvalue weighted by Crippen LogP contribution is -2.28. The Bertz CT molecular complexity index is 2290. The number of hydrogen-bond donors (Lipinski definition) is 6. The van der Waals surface area contributed by atoms with Crippen LogP contribution in [0.15, 0.2) is 98.1 Å². The summed E-state index contributed by atoms with van der Waals surface area (Å²) in [6, 6.07) is 19.2. The van der Waals surface area contributed by atoms with Crippen molar-refractivity contribution in [2.45, 2.75) is 78.4 Å². The first kappa shape index (κ1) is 46.4. The highest BCUT2D eigenvalue weighted by Gasteiger charge is 2.17. The third-order valence-corrected chi connectivity index (χ3v) is 9.95. The molecule has 0 fully saturated rings. The summed E-state index contributed by atoms with van der Waals surface area (Å²) in [4.78, 5) is 47.4. The van der Waals surface area contributed by atoms with Crippen LogP contribution in [-0.2, 0) is 49.1 Å². The standard InChI is InChI=1S/C46H50N8O10/c1-29-35(25-61-41-11-9-33(19-47-21-37(55)13-43(57)58)45(53-41)63-23-31-15-49-27-50-16-31)5-3-7-39(29)40-8-4-6-36(30(40)2)26-62-42-12-10-34(20-48-22-38(56)14-44(59)60)46(54-42)64-24-32-17-51-28-52-18-32/h3-12,15-18,27-28,37-38,47-48,55-56H,13-14,19-26H2,1-2H3,(H,57,58)(H,59,60). The second-order valence-electron chi connectivity index (χ2n) is 14.8. The van der Waals surface area contributed by atoms with Crippen LogP contribution in [0.1, 0.15) is 57.3 Å². The summed E-state index contributed by atoms with van der Waals surface area (Å²) in [5.74, 6) is -0.881. The summed E-state index contributed by atoms with van der Waals surface area (Å²) in [6.45, 7) is 5.52. The molecule has 6 rings (SSSR count). The van der Waals surface area contributed by atoms with Crippen LogP contribution in [0.4, 0.5) is 0 Å². The van der Waals surface area contributed by atoms with Gasteiger partial charge in [-0.15, -0.1) is 0 Å². The number of carboxylic acid groups (broad SMARTS) is 2. The van der Waals surface area contributed by atoms with E-state index >= 15 is 0 Å². The SMILES string of the molecule is Cc1c(COc2ccc(CNCC(O)CC(=O)O)c(OCc3cncnc3)n2)cccc1-c1cccc(COc2ccc(CNCC(O)CC(=O)O)c(OCc3cncnc3)n2)c1C. The van der Waals surface area contributed by atoms with Crippen molar-refractivity contribution in [3.05, 3.63) is 143 Å². The number of carbonyl (C=O) groups is 2. The van der Waals surface area contributed by atoms with Gasteiger partial charge in [-0.2, -0.15) is 9.97 Å². The fraction of sp³-hybridized carbons (Fsp3) is 0.304. The summed E-state index contributed by atoms with van der Waals surface area (Å²) in [6.07, 6.45) is 6.59. The summed E-state index contributed by atoms with van der Waals surface area (Å²) >= 11 is 0. The van der Waals surface area contributed by atoms with Crippen LogP contribution in [0.2, 0.25) is 0 Å². The van der Waals surface area contributed by atoms with Gasteiger partial charge in [-0.3, -0.25) is 9.59 Å². The maximum absolute atomic E-state index is 11.0. The molecule has 64 heavy (non-hydrogen) atoms. The van der Waals surface area contributed by atoms with Gasteiger partial charge in [-0.1, -0.05) is 36.4 Å². The number of pyridine rings is 2. The van der Waals surface area contributed by atoms with E-state index in [9.17, 15) is 19.8 Å². The van der Waals surface area contributed by atoms with Crippen molar-refractivity contribution in [2.24, 2.45) is 0 Å². The van der Waals surface area contributed by atoms with E-state index in [0.717, 1.165) is 44.5 Å². The van der Waals surface area contributed by atoms with Crippen molar-refractivity contribution in [1.82, 2.24) is 40.5 Å². The van der Waals surface area contributed by atoms with Crippen LogP contribution in [0.3, 0.4) is 0 Å². The maximum atomic E-state index is 11.0. The second-order valence-corrected chi connectivity index (χ2v) is 14.8. The summed E-state index contributed by atoms with van der Waals surface area (Å²) in [7, 11) is 0. The average molecular weight is 875 g/mol. The number of benzene rings is 2. The highest BCUT2D eigenvalue weighted by Crippen LogP contribution is 2.32. The number of nitrogens with one attached hydrogen (secondary N) is 2. The number of ether oxygens (including phenoxy) is 4. The molecule has 0 aliphatic rings. The zero-order valence-corrected chi connectivity index (χ0v) is 35.4. The van der Waals surface area contributed by atoms with Gasteiger partial charge in [-0.05, 0) is 59.4 Å². The topological polar surface area (TPSA) is 253 Å². The average Bonchev–Trinajstić information content (AvgIpc) is 3.28. The Morgan fingerprint density at radius 1 is 0.547 bits per heavy atom. The molecule has 18 nitrogen and oxygen atoms in total. The first-order valence-corrected chi connectivity index (χ1v) is 20.4. The highest BCUT2D eigenvalue weighted by molar-refractivity contribution is 5.72. The predicted octanol–water partition coefficient (Wildman–Crippen LogP) is 4.51. The summed E-state index contributed by atoms with van der Waals surface area (Å²) < 4.78 is 24.6.